The first-order valence-electron chi connectivity index (χ1n) is 7.90. The molecule has 0 amide bonds. The summed E-state index contributed by atoms with van der Waals surface area (Å²) in [4.78, 5) is 4.20. The van der Waals surface area contributed by atoms with E-state index in [4.69, 9.17) is 4.74 Å². The molecule has 1 aliphatic rings. The highest BCUT2D eigenvalue weighted by Gasteiger charge is 2.51. The van der Waals surface area contributed by atoms with Crippen molar-refractivity contribution in [2.45, 2.75) is 45.8 Å². The van der Waals surface area contributed by atoms with Gasteiger partial charge in [-0.1, -0.05) is 26.0 Å². The molecule has 0 radical (unpaired) electrons. The molecule has 0 spiro atoms. The number of rotatable bonds is 5. The molecule has 0 aliphatic heterocycles. The van der Waals surface area contributed by atoms with E-state index in [0.29, 0.717) is 12.1 Å². The maximum Gasteiger partial charge on any atom is 0.0667 e. The third-order valence-electron chi connectivity index (χ3n) is 5.12. The van der Waals surface area contributed by atoms with Crippen molar-refractivity contribution in [1.29, 1.82) is 0 Å². The van der Waals surface area contributed by atoms with Gasteiger partial charge < -0.3 is 10.1 Å². The zero-order valence-corrected chi connectivity index (χ0v) is 13.1. The third-order valence-corrected chi connectivity index (χ3v) is 5.12. The molecule has 1 heterocycles. The fraction of sp³-hybridized carbons (Fsp3) is 0.500. The number of nitrogens with one attached hydrogen (secondary N) is 1. The van der Waals surface area contributed by atoms with Crippen LogP contribution in [0.15, 0.2) is 36.7 Å². The molecule has 0 saturated heterocycles. The minimum Gasteiger partial charge on any atom is -0.381 e. The van der Waals surface area contributed by atoms with E-state index in [0.717, 1.165) is 19.4 Å². The van der Waals surface area contributed by atoms with Crippen LogP contribution in [0.4, 0.5) is 5.69 Å². The second kappa shape index (κ2) is 5.64. The van der Waals surface area contributed by atoms with Gasteiger partial charge in [-0.15, -0.1) is 0 Å². The Morgan fingerprint density at radius 3 is 2.95 bits per heavy atom. The number of anilines is 1. The zero-order chi connectivity index (χ0) is 14.9. The molecule has 3 atom stereocenters. The van der Waals surface area contributed by atoms with Gasteiger partial charge in [-0.05, 0) is 31.9 Å². The Kier molecular flexibility index (Phi) is 3.85. The van der Waals surface area contributed by atoms with Crippen molar-refractivity contribution >= 4 is 16.5 Å². The van der Waals surface area contributed by atoms with Gasteiger partial charge in [-0.3, -0.25) is 4.98 Å². The second-order valence-electron chi connectivity index (χ2n) is 6.14. The highest BCUT2D eigenvalue weighted by atomic mass is 16.5. The molecule has 3 unspecified atom stereocenters. The van der Waals surface area contributed by atoms with E-state index < -0.39 is 0 Å². The molecule has 0 bridgehead atoms. The van der Waals surface area contributed by atoms with Gasteiger partial charge in [-0.25, -0.2) is 0 Å². The third kappa shape index (κ3) is 2.40. The maximum absolute atomic E-state index is 5.89. The summed E-state index contributed by atoms with van der Waals surface area (Å²) < 4.78 is 5.89. The molecule has 1 fully saturated rings. The van der Waals surface area contributed by atoms with Crippen molar-refractivity contribution in [2.24, 2.45) is 5.41 Å². The number of hydrogen-bond acceptors (Lipinski definition) is 3. The summed E-state index contributed by atoms with van der Waals surface area (Å²) in [5, 5.41) is 6.17. The van der Waals surface area contributed by atoms with Gasteiger partial charge in [0, 0.05) is 46.9 Å². The van der Waals surface area contributed by atoms with Crippen molar-refractivity contribution in [3.63, 3.8) is 0 Å². The van der Waals surface area contributed by atoms with E-state index in [1.54, 1.807) is 0 Å². The molecule has 1 aliphatic carbocycles. The molecule has 1 N–H and O–H groups in total. The lowest BCUT2D eigenvalue weighted by Crippen LogP contribution is -2.59. The second-order valence-corrected chi connectivity index (χ2v) is 6.14. The Balaban J connectivity index is 1.83. The predicted molar refractivity (Wildman–Crippen MR) is 87.6 cm³/mol. The molecule has 21 heavy (non-hydrogen) atoms. The van der Waals surface area contributed by atoms with Crippen molar-refractivity contribution in [2.75, 3.05) is 11.9 Å². The average molecular weight is 284 g/mol. The van der Waals surface area contributed by atoms with E-state index in [1.807, 2.05) is 12.4 Å². The first-order chi connectivity index (χ1) is 10.2. The first kappa shape index (κ1) is 14.3. The molecular weight excluding hydrogens is 260 g/mol. The number of hydrogen-bond donors (Lipinski definition) is 1. The Bertz CT molecular complexity index is 622. The molecule has 112 valence electrons. The highest BCUT2D eigenvalue weighted by Crippen LogP contribution is 2.47. The minimum absolute atomic E-state index is 0.213. The lowest BCUT2D eigenvalue weighted by molar-refractivity contribution is -0.109. The Labute approximate surface area is 126 Å². The summed E-state index contributed by atoms with van der Waals surface area (Å²) in [6.07, 6.45) is 6.36. The molecule has 2 aromatic rings. The summed E-state index contributed by atoms with van der Waals surface area (Å²) in [7, 11) is 0. The quantitative estimate of drug-likeness (QED) is 0.891. The number of pyridine rings is 1. The fourth-order valence-electron chi connectivity index (χ4n) is 3.41. The largest absolute Gasteiger partial charge is 0.381 e. The topological polar surface area (TPSA) is 34.1 Å². The van der Waals surface area contributed by atoms with Crippen LogP contribution in [0.1, 0.15) is 33.6 Å². The predicted octanol–water partition coefficient (Wildman–Crippen LogP) is 4.24. The summed E-state index contributed by atoms with van der Waals surface area (Å²) >= 11 is 0. The van der Waals surface area contributed by atoms with E-state index in [2.05, 4.69) is 55.3 Å². The van der Waals surface area contributed by atoms with Crippen molar-refractivity contribution in [3.8, 4) is 0 Å². The van der Waals surface area contributed by atoms with Gasteiger partial charge >= 0.3 is 0 Å². The fourth-order valence-corrected chi connectivity index (χ4v) is 3.41. The van der Waals surface area contributed by atoms with Crippen molar-refractivity contribution in [3.05, 3.63) is 36.7 Å². The smallest absolute Gasteiger partial charge is 0.0667 e. The van der Waals surface area contributed by atoms with E-state index in [-0.39, 0.29) is 5.41 Å². The van der Waals surface area contributed by atoms with Crippen LogP contribution in [0.25, 0.3) is 10.8 Å². The summed E-state index contributed by atoms with van der Waals surface area (Å²) in [5.74, 6) is 0. The van der Waals surface area contributed by atoms with Gasteiger partial charge in [-0.2, -0.15) is 0 Å². The molecule has 1 aromatic carbocycles. The maximum atomic E-state index is 5.89. The van der Waals surface area contributed by atoms with Crippen LogP contribution in [0, 0.1) is 5.41 Å². The molecule has 3 rings (SSSR count). The van der Waals surface area contributed by atoms with Crippen LogP contribution >= 0.6 is 0 Å². The van der Waals surface area contributed by atoms with Crippen LogP contribution in [-0.2, 0) is 4.74 Å². The average Bonchev–Trinajstić information content (AvgIpc) is 2.53. The molecule has 1 aromatic heterocycles. The van der Waals surface area contributed by atoms with Crippen LogP contribution in [0.5, 0.6) is 0 Å². The number of benzene rings is 1. The number of fused-ring (bicyclic) bond motifs is 1. The zero-order valence-electron chi connectivity index (χ0n) is 13.1. The monoisotopic (exact) mass is 284 g/mol. The van der Waals surface area contributed by atoms with Crippen LogP contribution in [0.3, 0.4) is 0 Å². The summed E-state index contributed by atoms with van der Waals surface area (Å²) in [6, 6.07) is 8.91. The Morgan fingerprint density at radius 1 is 1.33 bits per heavy atom. The SMILES string of the molecule is CCOC1CC(Nc2cccc3cnccc23)C1(C)CC. The number of ether oxygens (including phenoxy) is 1. The normalized spacial score (nSPS) is 28.3. The minimum atomic E-state index is 0.213. The van der Waals surface area contributed by atoms with Crippen LogP contribution in [0.2, 0.25) is 0 Å². The van der Waals surface area contributed by atoms with Gasteiger partial charge in [0.05, 0.1) is 6.10 Å². The van der Waals surface area contributed by atoms with Gasteiger partial charge in [0.15, 0.2) is 0 Å². The highest BCUT2D eigenvalue weighted by molar-refractivity contribution is 5.93. The molecule has 1 saturated carbocycles. The van der Waals surface area contributed by atoms with Gasteiger partial charge in [0.25, 0.3) is 0 Å². The molecular formula is C18H24N2O. The number of aromatic nitrogens is 1. The number of nitrogens with zero attached hydrogens (tertiary/aromatic N) is 1. The Morgan fingerprint density at radius 2 is 2.19 bits per heavy atom. The van der Waals surface area contributed by atoms with Crippen LogP contribution < -0.4 is 5.32 Å². The summed E-state index contributed by atoms with van der Waals surface area (Å²) in [5.41, 5.74) is 1.42. The standard InChI is InChI=1S/C18H24N2O/c1-4-18(3)16(11-17(18)21-5-2)20-15-8-6-7-13-12-19-10-9-14(13)15/h6-10,12,16-17,20H,4-5,11H2,1-3H3. The van der Waals surface area contributed by atoms with Gasteiger partial charge in [0.1, 0.15) is 0 Å². The summed E-state index contributed by atoms with van der Waals surface area (Å²) in [6.45, 7) is 7.47. The molecule has 3 heteroatoms. The van der Waals surface area contributed by atoms with E-state index in [1.165, 1.54) is 16.5 Å². The lowest BCUT2D eigenvalue weighted by Gasteiger charge is -2.54. The van der Waals surface area contributed by atoms with Crippen LogP contribution in [-0.4, -0.2) is 23.7 Å². The van der Waals surface area contributed by atoms with Crippen molar-refractivity contribution in [1.82, 2.24) is 4.98 Å². The van der Waals surface area contributed by atoms with E-state index >= 15 is 0 Å². The lowest BCUT2D eigenvalue weighted by atomic mass is 9.61. The van der Waals surface area contributed by atoms with E-state index in [9.17, 15) is 0 Å². The van der Waals surface area contributed by atoms with Gasteiger partial charge in [0.2, 0.25) is 0 Å². The Hall–Kier alpha value is -1.61. The first-order valence-corrected chi connectivity index (χ1v) is 7.90. The molecule has 3 nitrogen and oxygen atoms in total. The van der Waals surface area contributed by atoms with Crippen molar-refractivity contribution < 1.29 is 4.74 Å².